The fourth-order valence-electron chi connectivity index (χ4n) is 3.84. The second-order valence-corrected chi connectivity index (χ2v) is 7.46. The van der Waals surface area contributed by atoms with Gasteiger partial charge < -0.3 is 15.0 Å². The first-order valence-corrected chi connectivity index (χ1v) is 9.55. The predicted molar refractivity (Wildman–Crippen MR) is 103 cm³/mol. The number of halogens is 1. The van der Waals surface area contributed by atoms with Crippen molar-refractivity contribution < 1.29 is 13.9 Å². The van der Waals surface area contributed by atoms with Gasteiger partial charge >= 0.3 is 5.97 Å². The van der Waals surface area contributed by atoms with Crippen LogP contribution in [0.5, 0.6) is 0 Å². The molecule has 0 amide bonds. The van der Waals surface area contributed by atoms with E-state index in [1.807, 2.05) is 0 Å². The fourth-order valence-corrected chi connectivity index (χ4v) is 3.84. The molecule has 0 spiro atoms. The van der Waals surface area contributed by atoms with E-state index in [0.717, 1.165) is 31.7 Å². The molecule has 27 heavy (non-hydrogen) atoms. The maximum absolute atomic E-state index is 14.8. The number of esters is 1. The van der Waals surface area contributed by atoms with E-state index in [-0.39, 0.29) is 34.6 Å². The van der Waals surface area contributed by atoms with Crippen LogP contribution in [-0.2, 0) is 4.74 Å². The molecule has 1 saturated carbocycles. The number of carbonyl (C=O) groups excluding carboxylic acids is 1. The Morgan fingerprint density at radius 3 is 2.70 bits per heavy atom. The third-order valence-corrected chi connectivity index (χ3v) is 5.53. The van der Waals surface area contributed by atoms with Gasteiger partial charge in [-0.05, 0) is 31.7 Å². The minimum absolute atomic E-state index is 0.0332. The van der Waals surface area contributed by atoms with Crippen LogP contribution < -0.4 is 10.7 Å². The van der Waals surface area contributed by atoms with Crippen LogP contribution in [0.25, 0.3) is 11.0 Å². The minimum atomic E-state index is -0.732. The third-order valence-electron chi connectivity index (χ3n) is 5.53. The molecule has 0 aliphatic heterocycles. The maximum Gasteiger partial charge on any atom is 0.343 e. The Morgan fingerprint density at radius 1 is 1.37 bits per heavy atom. The zero-order valence-corrected chi connectivity index (χ0v) is 16.0. The number of fused-ring (bicyclic) bond motifs is 1. The molecule has 1 aliphatic rings. The van der Waals surface area contributed by atoms with Crippen molar-refractivity contribution in [3.63, 3.8) is 0 Å². The Morgan fingerprint density at radius 2 is 2.07 bits per heavy atom. The van der Waals surface area contributed by atoms with Gasteiger partial charge in [-0.15, -0.1) is 0 Å². The number of hydrogen-bond acceptors (Lipinski definition) is 5. The van der Waals surface area contributed by atoms with E-state index in [4.69, 9.17) is 4.74 Å². The molecular weight excluding hydrogens is 349 g/mol. The Kier molecular flexibility index (Phi) is 5.48. The van der Waals surface area contributed by atoms with Crippen LogP contribution in [0.1, 0.15) is 63.2 Å². The maximum atomic E-state index is 14.8. The zero-order chi connectivity index (χ0) is 19.6. The summed E-state index contributed by atoms with van der Waals surface area (Å²) in [4.78, 5) is 31.5. The Labute approximate surface area is 157 Å². The number of anilines is 1. The van der Waals surface area contributed by atoms with E-state index in [1.54, 1.807) is 6.92 Å². The molecule has 2 N–H and O–H groups in total. The lowest BCUT2D eigenvalue weighted by Gasteiger charge is -2.42. The van der Waals surface area contributed by atoms with Crippen molar-refractivity contribution in [2.24, 2.45) is 5.92 Å². The number of aromatic amines is 1. The number of nitrogens with one attached hydrogen (secondary N) is 2. The first kappa shape index (κ1) is 19.3. The van der Waals surface area contributed by atoms with Gasteiger partial charge in [0.25, 0.3) is 0 Å². The Balaban J connectivity index is 2.01. The summed E-state index contributed by atoms with van der Waals surface area (Å²) in [5.41, 5.74) is -0.703. The van der Waals surface area contributed by atoms with Crippen molar-refractivity contribution in [2.45, 2.75) is 58.4 Å². The largest absolute Gasteiger partial charge is 0.462 e. The standard InChI is InChI=1S/C20H26FN3O3/c1-4-27-19(26)14-11-22-17-13(16(14)25)10-15(21)18(23-17)24-20(12(2)3)8-6-5-7-9-20/h10-12H,4-9H2,1-3H3,(H2,22,23,24,25). The molecule has 146 valence electrons. The number of hydrogen-bond donors (Lipinski definition) is 2. The van der Waals surface area contributed by atoms with Crippen LogP contribution in [0.4, 0.5) is 10.2 Å². The highest BCUT2D eigenvalue weighted by molar-refractivity contribution is 5.93. The van der Waals surface area contributed by atoms with Gasteiger partial charge in [0.15, 0.2) is 11.6 Å². The summed E-state index contributed by atoms with van der Waals surface area (Å²) in [5.74, 6) is -0.874. The molecule has 1 fully saturated rings. The van der Waals surface area contributed by atoms with E-state index >= 15 is 0 Å². The van der Waals surface area contributed by atoms with Crippen molar-refractivity contribution in [2.75, 3.05) is 11.9 Å². The number of ether oxygens (including phenoxy) is 1. The summed E-state index contributed by atoms with van der Waals surface area (Å²) in [7, 11) is 0. The molecule has 0 radical (unpaired) electrons. The summed E-state index contributed by atoms with van der Waals surface area (Å²) in [6.45, 7) is 6.07. The topological polar surface area (TPSA) is 84.1 Å². The van der Waals surface area contributed by atoms with Crippen LogP contribution in [-0.4, -0.2) is 28.1 Å². The second-order valence-electron chi connectivity index (χ2n) is 7.46. The van der Waals surface area contributed by atoms with Gasteiger partial charge in [0, 0.05) is 11.7 Å². The quantitative estimate of drug-likeness (QED) is 0.772. The molecule has 2 heterocycles. The number of rotatable bonds is 5. The van der Waals surface area contributed by atoms with E-state index < -0.39 is 17.2 Å². The van der Waals surface area contributed by atoms with Gasteiger partial charge in [0.1, 0.15) is 11.2 Å². The van der Waals surface area contributed by atoms with E-state index in [1.165, 1.54) is 12.6 Å². The summed E-state index contributed by atoms with van der Waals surface area (Å²) < 4.78 is 19.6. The molecule has 0 unspecified atom stereocenters. The lowest BCUT2D eigenvalue weighted by Crippen LogP contribution is -2.45. The average Bonchev–Trinajstić information content (AvgIpc) is 2.64. The molecule has 7 heteroatoms. The highest BCUT2D eigenvalue weighted by atomic mass is 19.1. The molecule has 2 aromatic rings. The molecule has 1 aliphatic carbocycles. The number of aromatic nitrogens is 2. The number of H-pyrrole nitrogens is 1. The highest BCUT2D eigenvalue weighted by Gasteiger charge is 2.36. The van der Waals surface area contributed by atoms with Gasteiger partial charge in [-0.3, -0.25) is 4.79 Å². The van der Waals surface area contributed by atoms with Gasteiger partial charge in [-0.2, -0.15) is 0 Å². The summed E-state index contributed by atoms with van der Waals surface area (Å²) >= 11 is 0. The summed E-state index contributed by atoms with van der Waals surface area (Å²) in [6.07, 6.45) is 6.58. The predicted octanol–water partition coefficient (Wildman–Crippen LogP) is 4.01. The van der Waals surface area contributed by atoms with E-state index in [2.05, 4.69) is 29.1 Å². The Hall–Kier alpha value is -2.44. The van der Waals surface area contributed by atoms with Crippen molar-refractivity contribution in [1.82, 2.24) is 9.97 Å². The smallest absolute Gasteiger partial charge is 0.343 e. The number of carbonyl (C=O) groups is 1. The SMILES string of the molecule is CCOC(=O)c1c[nH]c2nc(NC3(C(C)C)CCCCC3)c(F)cc2c1=O. The Bertz CT molecular complexity index is 901. The minimum Gasteiger partial charge on any atom is -0.462 e. The lowest BCUT2D eigenvalue weighted by atomic mass is 9.74. The van der Waals surface area contributed by atoms with Gasteiger partial charge in [-0.1, -0.05) is 33.1 Å². The third kappa shape index (κ3) is 3.68. The molecule has 3 rings (SSSR count). The summed E-state index contributed by atoms with van der Waals surface area (Å²) in [6, 6.07) is 1.14. The number of pyridine rings is 2. The monoisotopic (exact) mass is 375 g/mol. The van der Waals surface area contributed by atoms with Crippen LogP contribution >= 0.6 is 0 Å². The zero-order valence-electron chi connectivity index (χ0n) is 16.0. The van der Waals surface area contributed by atoms with Crippen molar-refractivity contribution in [1.29, 1.82) is 0 Å². The van der Waals surface area contributed by atoms with E-state index in [0.29, 0.717) is 5.92 Å². The molecule has 0 saturated heterocycles. The average molecular weight is 375 g/mol. The fraction of sp³-hybridized carbons (Fsp3) is 0.550. The van der Waals surface area contributed by atoms with E-state index in [9.17, 15) is 14.0 Å². The van der Waals surface area contributed by atoms with Crippen molar-refractivity contribution >= 4 is 22.8 Å². The second kappa shape index (κ2) is 7.66. The molecular formula is C20H26FN3O3. The van der Waals surface area contributed by atoms with Crippen molar-refractivity contribution in [3.8, 4) is 0 Å². The van der Waals surface area contributed by atoms with Crippen molar-refractivity contribution in [3.05, 3.63) is 33.9 Å². The van der Waals surface area contributed by atoms with Crippen LogP contribution in [0.15, 0.2) is 17.1 Å². The molecule has 0 aromatic carbocycles. The normalized spacial score (nSPS) is 16.5. The molecule has 0 bridgehead atoms. The molecule has 0 atom stereocenters. The first-order valence-electron chi connectivity index (χ1n) is 9.55. The van der Waals surface area contributed by atoms with Crippen LogP contribution in [0.3, 0.4) is 0 Å². The summed E-state index contributed by atoms with van der Waals surface area (Å²) in [5, 5.41) is 3.36. The highest BCUT2D eigenvalue weighted by Crippen LogP contribution is 2.37. The number of nitrogens with zero attached hydrogens (tertiary/aromatic N) is 1. The lowest BCUT2D eigenvalue weighted by molar-refractivity contribution is 0.0524. The van der Waals surface area contributed by atoms with Crippen LogP contribution in [0, 0.1) is 11.7 Å². The van der Waals surface area contributed by atoms with Crippen LogP contribution in [0.2, 0.25) is 0 Å². The molecule has 6 nitrogen and oxygen atoms in total. The van der Waals surface area contributed by atoms with Gasteiger partial charge in [0.2, 0.25) is 5.43 Å². The first-order chi connectivity index (χ1) is 12.9. The molecule has 2 aromatic heterocycles. The van der Waals surface area contributed by atoms with Gasteiger partial charge in [0.05, 0.1) is 12.0 Å². The van der Waals surface area contributed by atoms with Gasteiger partial charge in [-0.25, -0.2) is 14.2 Å².